The van der Waals surface area contributed by atoms with Gasteiger partial charge in [0.2, 0.25) is 0 Å². The van der Waals surface area contributed by atoms with Gasteiger partial charge in [0.15, 0.2) is 5.78 Å². The number of allylic oxidation sites excluding steroid dienone is 2. The van der Waals surface area contributed by atoms with Gasteiger partial charge in [0, 0.05) is 16.9 Å². The number of carbonyl (C=O) groups is 2. The average molecular weight is 512 g/mol. The van der Waals surface area contributed by atoms with E-state index in [1.54, 1.807) is 31.2 Å². The molecule has 2 heterocycles. The largest absolute Gasteiger partial charge is 0.468 e. The van der Waals surface area contributed by atoms with Crippen molar-refractivity contribution in [2.24, 2.45) is 0 Å². The summed E-state index contributed by atoms with van der Waals surface area (Å²) in [6.45, 7) is 9.71. The van der Waals surface area contributed by atoms with Crippen molar-refractivity contribution in [3.05, 3.63) is 110 Å². The molecule has 188 valence electrons. The summed E-state index contributed by atoms with van der Waals surface area (Å²) in [6, 6.07) is 17.2. The first-order valence-electron chi connectivity index (χ1n) is 12.0. The number of thioether (sulfide) groups is 1. The lowest BCUT2D eigenvalue weighted by Crippen LogP contribution is -2.31. The van der Waals surface area contributed by atoms with Crippen LogP contribution < -0.4 is 10.6 Å². The maximum atomic E-state index is 13.7. The molecule has 7 heteroatoms. The summed E-state index contributed by atoms with van der Waals surface area (Å²) in [5, 5.41) is 17.0. The van der Waals surface area contributed by atoms with Gasteiger partial charge in [0.05, 0.1) is 40.2 Å². The maximum Gasteiger partial charge on any atom is 0.254 e. The van der Waals surface area contributed by atoms with Gasteiger partial charge in [0.25, 0.3) is 5.91 Å². The second-order valence-corrected chi connectivity index (χ2v) is 10.3. The highest BCUT2D eigenvalue weighted by Crippen LogP contribution is 2.41. The third-order valence-corrected chi connectivity index (χ3v) is 7.37. The van der Waals surface area contributed by atoms with Crippen molar-refractivity contribution in [3.63, 3.8) is 0 Å². The maximum absolute atomic E-state index is 13.7. The van der Waals surface area contributed by atoms with Crippen LogP contribution >= 0.6 is 11.8 Å². The van der Waals surface area contributed by atoms with Gasteiger partial charge in [-0.1, -0.05) is 59.3 Å². The second kappa shape index (κ2) is 10.9. The molecule has 1 amide bonds. The molecule has 0 saturated heterocycles. The van der Waals surface area contributed by atoms with Crippen LogP contribution in [0.1, 0.15) is 51.2 Å². The molecule has 3 aromatic rings. The second-order valence-electron chi connectivity index (χ2n) is 9.27. The number of amides is 1. The minimum atomic E-state index is -0.704. The fourth-order valence-electron chi connectivity index (χ4n) is 4.59. The molecular weight excluding hydrogens is 482 g/mol. The number of nitrogens with zero attached hydrogens (tertiary/aromatic N) is 1. The minimum Gasteiger partial charge on any atom is -0.468 e. The Bertz CT molecular complexity index is 1440. The molecule has 1 atom stereocenters. The summed E-state index contributed by atoms with van der Waals surface area (Å²) in [6.07, 6.45) is 1.53. The van der Waals surface area contributed by atoms with Crippen LogP contribution in [0.5, 0.6) is 0 Å². The predicted molar refractivity (Wildman–Crippen MR) is 147 cm³/mol. The number of nitrogens with one attached hydrogen (secondary N) is 2. The summed E-state index contributed by atoms with van der Waals surface area (Å²) < 4.78 is 5.70. The number of Topliss-reactive ketones (excluding diaryl/α,β-unsaturated/α-hetero) is 1. The number of anilines is 1. The molecule has 2 aromatic carbocycles. The molecule has 37 heavy (non-hydrogen) atoms. The van der Waals surface area contributed by atoms with E-state index < -0.39 is 5.92 Å². The highest BCUT2D eigenvalue weighted by molar-refractivity contribution is 8.03. The topological polar surface area (TPSA) is 95.1 Å². The Morgan fingerprint density at radius 2 is 1.70 bits per heavy atom. The molecule has 6 nitrogen and oxygen atoms in total. The van der Waals surface area contributed by atoms with Crippen LogP contribution in [0, 0.1) is 39.0 Å². The molecule has 0 spiro atoms. The lowest BCUT2D eigenvalue weighted by atomic mass is 9.85. The van der Waals surface area contributed by atoms with Crippen molar-refractivity contribution in [2.75, 3.05) is 11.1 Å². The predicted octanol–water partition coefficient (Wildman–Crippen LogP) is 6.46. The molecule has 0 unspecified atom stereocenters. The van der Waals surface area contributed by atoms with Crippen LogP contribution in [0.2, 0.25) is 0 Å². The quantitative estimate of drug-likeness (QED) is 0.353. The van der Waals surface area contributed by atoms with E-state index in [9.17, 15) is 14.9 Å². The van der Waals surface area contributed by atoms with Crippen LogP contribution in [0.25, 0.3) is 0 Å². The van der Waals surface area contributed by atoms with Gasteiger partial charge < -0.3 is 15.1 Å². The molecule has 0 bridgehead atoms. The lowest BCUT2D eigenvalue weighted by Gasteiger charge is -2.28. The Morgan fingerprint density at radius 1 is 1.03 bits per heavy atom. The summed E-state index contributed by atoms with van der Waals surface area (Å²) in [4.78, 5) is 26.5. The van der Waals surface area contributed by atoms with Gasteiger partial charge in [-0.15, -0.1) is 0 Å². The zero-order chi connectivity index (χ0) is 26.7. The summed E-state index contributed by atoms with van der Waals surface area (Å²) >= 11 is 1.26. The van der Waals surface area contributed by atoms with Crippen LogP contribution in [-0.4, -0.2) is 17.4 Å². The SMILES string of the molecule is CC1=C(C(=O)Nc2c(C)cc(C)cc2C)[C@H](c2ccco2)C(C#N)=C(SCC(=O)c2ccc(C)cc2)N1. The number of nitriles is 1. The average Bonchev–Trinajstić information content (AvgIpc) is 3.39. The van der Waals surface area contributed by atoms with Gasteiger partial charge in [-0.3, -0.25) is 9.59 Å². The Morgan fingerprint density at radius 3 is 2.30 bits per heavy atom. The van der Waals surface area contributed by atoms with Crippen molar-refractivity contribution in [1.29, 1.82) is 5.26 Å². The smallest absolute Gasteiger partial charge is 0.254 e. The highest BCUT2D eigenvalue weighted by Gasteiger charge is 2.36. The van der Waals surface area contributed by atoms with Crippen LogP contribution in [-0.2, 0) is 4.79 Å². The van der Waals surface area contributed by atoms with Gasteiger partial charge >= 0.3 is 0 Å². The van der Waals surface area contributed by atoms with Crippen molar-refractivity contribution in [1.82, 2.24) is 5.32 Å². The highest BCUT2D eigenvalue weighted by atomic mass is 32.2. The van der Waals surface area contributed by atoms with E-state index in [2.05, 4.69) is 16.7 Å². The van der Waals surface area contributed by atoms with Gasteiger partial charge in [0.1, 0.15) is 5.76 Å². The number of furan rings is 1. The summed E-state index contributed by atoms with van der Waals surface area (Å²) in [5.74, 6) is -0.416. The van der Waals surface area contributed by atoms with E-state index in [4.69, 9.17) is 4.42 Å². The van der Waals surface area contributed by atoms with Gasteiger partial charge in [-0.25, -0.2) is 0 Å². The number of aryl methyl sites for hydroxylation is 4. The molecule has 0 fully saturated rings. The zero-order valence-corrected chi connectivity index (χ0v) is 22.4. The molecule has 0 saturated carbocycles. The summed E-state index contributed by atoms with van der Waals surface area (Å²) in [5.41, 5.74) is 6.83. The number of ketones is 1. The molecule has 0 radical (unpaired) electrons. The molecule has 4 rings (SSSR count). The van der Waals surface area contributed by atoms with Crippen LogP contribution in [0.4, 0.5) is 5.69 Å². The van der Waals surface area contributed by atoms with Crippen LogP contribution in [0.3, 0.4) is 0 Å². The first-order valence-corrected chi connectivity index (χ1v) is 13.0. The normalized spacial score (nSPS) is 15.3. The minimum absolute atomic E-state index is 0.0402. The Balaban J connectivity index is 1.66. The zero-order valence-electron chi connectivity index (χ0n) is 21.6. The number of benzene rings is 2. The molecule has 0 aliphatic carbocycles. The number of hydrogen-bond donors (Lipinski definition) is 2. The van der Waals surface area contributed by atoms with E-state index in [-0.39, 0.29) is 17.4 Å². The molecule has 1 aliphatic heterocycles. The lowest BCUT2D eigenvalue weighted by molar-refractivity contribution is -0.113. The fraction of sp³-hybridized carbons (Fsp3) is 0.233. The van der Waals surface area contributed by atoms with E-state index in [0.717, 1.165) is 27.9 Å². The molecule has 2 N–H and O–H groups in total. The number of hydrogen-bond acceptors (Lipinski definition) is 6. The number of carbonyl (C=O) groups excluding carboxylic acids is 2. The third-order valence-electron chi connectivity index (χ3n) is 6.36. The fourth-order valence-corrected chi connectivity index (χ4v) is 5.57. The van der Waals surface area contributed by atoms with Gasteiger partial charge in [-0.05, 0) is 57.9 Å². The van der Waals surface area contributed by atoms with Gasteiger partial charge in [-0.2, -0.15) is 5.26 Å². The Labute approximate surface area is 221 Å². The van der Waals surface area contributed by atoms with Crippen molar-refractivity contribution in [3.8, 4) is 6.07 Å². The first kappa shape index (κ1) is 26.1. The van der Waals surface area contributed by atoms with Crippen LogP contribution in [0.15, 0.2) is 81.1 Å². The van der Waals surface area contributed by atoms with E-state index >= 15 is 0 Å². The standard InChI is InChI=1S/C30H29N3O3S/c1-17-8-10-22(11-9-17)24(34)16-37-30-23(15-31)27(25-7-6-12-36-25)26(21(5)32-30)29(35)33-28-19(3)13-18(2)14-20(28)4/h6-14,27,32H,16H2,1-5H3,(H,33,35)/t27-/m0/s1. The van der Waals surface area contributed by atoms with E-state index in [1.807, 2.05) is 52.0 Å². The number of dihydropyridines is 1. The third kappa shape index (κ3) is 5.55. The Kier molecular flexibility index (Phi) is 7.70. The molecular formula is C30H29N3O3S. The monoisotopic (exact) mass is 511 g/mol. The first-order chi connectivity index (χ1) is 17.7. The number of rotatable bonds is 7. The van der Waals surface area contributed by atoms with Crippen molar-refractivity contribution < 1.29 is 14.0 Å². The molecule has 1 aromatic heterocycles. The van der Waals surface area contributed by atoms with Crippen molar-refractivity contribution >= 4 is 29.1 Å². The molecule has 1 aliphatic rings. The van der Waals surface area contributed by atoms with E-state index in [1.165, 1.54) is 18.0 Å². The summed E-state index contributed by atoms with van der Waals surface area (Å²) in [7, 11) is 0. The van der Waals surface area contributed by atoms with E-state index in [0.29, 0.717) is 33.2 Å². The Hall–Kier alpha value is -4.02. The van der Waals surface area contributed by atoms with Crippen molar-refractivity contribution in [2.45, 2.75) is 40.5 Å².